The van der Waals surface area contributed by atoms with E-state index in [4.69, 9.17) is 15.7 Å². The Labute approximate surface area is 88.6 Å². The monoisotopic (exact) mass is 209 g/mol. The Kier molecular flexibility index (Phi) is 3.91. The van der Waals surface area contributed by atoms with E-state index in [-0.39, 0.29) is 11.9 Å². The molecular formula is C10H15N3O2. The molecule has 82 valence electrons. The Morgan fingerprint density at radius 2 is 2.40 bits per heavy atom. The first-order valence-corrected chi connectivity index (χ1v) is 4.70. The molecular weight excluding hydrogens is 194 g/mol. The van der Waals surface area contributed by atoms with E-state index in [0.717, 1.165) is 5.75 Å². The maximum absolute atomic E-state index is 8.41. The molecule has 15 heavy (non-hydrogen) atoms. The van der Waals surface area contributed by atoms with Crippen LogP contribution < -0.4 is 10.5 Å². The number of oxime groups is 1. The molecule has 0 aliphatic heterocycles. The van der Waals surface area contributed by atoms with Gasteiger partial charge in [-0.1, -0.05) is 5.16 Å². The van der Waals surface area contributed by atoms with Gasteiger partial charge in [0.15, 0.2) is 0 Å². The number of aromatic nitrogens is 1. The van der Waals surface area contributed by atoms with Crippen molar-refractivity contribution in [2.45, 2.75) is 26.4 Å². The van der Waals surface area contributed by atoms with E-state index in [1.165, 1.54) is 0 Å². The fourth-order valence-corrected chi connectivity index (χ4v) is 1.12. The molecule has 5 heteroatoms. The zero-order chi connectivity index (χ0) is 11.3. The minimum absolute atomic E-state index is 0.115. The van der Waals surface area contributed by atoms with Gasteiger partial charge in [-0.2, -0.15) is 0 Å². The molecule has 1 heterocycles. The summed E-state index contributed by atoms with van der Waals surface area (Å²) in [7, 11) is 0. The third-order valence-corrected chi connectivity index (χ3v) is 1.65. The topological polar surface area (TPSA) is 80.7 Å². The number of rotatable bonds is 4. The Morgan fingerprint density at radius 1 is 1.67 bits per heavy atom. The van der Waals surface area contributed by atoms with Gasteiger partial charge in [-0.3, -0.25) is 4.98 Å². The third kappa shape index (κ3) is 3.84. The summed E-state index contributed by atoms with van der Waals surface area (Å²) in [5.41, 5.74) is 6.09. The third-order valence-electron chi connectivity index (χ3n) is 1.65. The summed E-state index contributed by atoms with van der Waals surface area (Å²) in [5, 5.41) is 11.3. The average molecular weight is 209 g/mol. The van der Waals surface area contributed by atoms with Crippen LogP contribution in [0.2, 0.25) is 0 Å². The minimum atomic E-state index is 0.115. The van der Waals surface area contributed by atoms with Gasteiger partial charge in [0.05, 0.1) is 18.2 Å². The molecule has 0 saturated carbocycles. The summed E-state index contributed by atoms with van der Waals surface area (Å²) in [4.78, 5) is 4.08. The van der Waals surface area contributed by atoms with Gasteiger partial charge >= 0.3 is 0 Å². The lowest BCUT2D eigenvalue weighted by atomic mass is 10.2. The van der Waals surface area contributed by atoms with E-state index in [2.05, 4.69) is 10.1 Å². The molecule has 0 atom stereocenters. The fraction of sp³-hybridized carbons (Fsp3) is 0.400. The number of nitrogens with two attached hydrogens (primary N) is 1. The first-order chi connectivity index (χ1) is 7.11. The molecule has 3 N–H and O–H groups in total. The van der Waals surface area contributed by atoms with Crippen LogP contribution in [-0.4, -0.2) is 22.1 Å². The van der Waals surface area contributed by atoms with Crippen molar-refractivity contribution in [2.75, 3.05) is 0 Å². The summed E-state index contributed by atoms with van der Waals surface area (Å²) in [6.07, 6.45) is 2.06. The number of nitrogens with zero attached hydrogens (tertiary/aromatic N) is 2. The van der Waals surface area contributed by atoms with Gasteiger partial charge in [-0.15, -0.1) is 0 Å². The number of amidine groups is 1. The molecule has 0 aromatic carbocycles. The second-order valence-corrected chi connectivity index (χ2v) is 3.42. The first kappa shape index (κ1) is 11.3. The summed E-state index contributed by atoms with van der Waals surface area (Å²) in [5.74, 6) is 0.866. The van der Waals surface area contributed by atoms with Gasteiger partial charge in [0.25, 0.3) is 0 Å². The normalized spacial score (nSPS) is 11.8. The second-order valence-electron chi connectivity index (χ2n) is 3.42. The van der Waals surface area contributed by atoms with E-state index in [1.807, 2.05) is 13.8 Å². The lowest BCUT2D eigenvalue weighted by Crippen LogP contribution is -2.15. The van der Waals surface area contributed by atoms with Gasteiger partial charge in [-0.05, 0) is 19.9 Å². The molecule has 5 nitrogen and oxygen atoms in total. The summed E-state index contributed by atoms with van der Waals surface area (Å²) in [6.45, 7) is 3.90. The Hall–Kier alpha value is -1.78. The van der Waals surface area contributed by atoms with Crippen molar-refractivity contribution >= 4 is 5.84 Å². The lowest BCUT2D eigenvalue weighted by molar-refractivity contribution is 0.242. The number of ether oxygens (including phenoxy) is 1. The summed E-state index contributed by atoms with van der Waals surface area (Å²) in [6, 6.07) is 3.55. The van der Waals surface area contributed by atoms with E-state index in [9.17, 15) is 0 Å². The predicted octanol–water partition coefficient (Wildman–Crippen LogP) is 1.16. The van der Waals surface area contributed by atoms with Crippen LogP contribution in [0.4, 0.5) is 0 Å². The van der Waals surface area contributed by atoms with Gasteiger partial charge < -0.3 is 15.7 Å². The fourth-order valence-electron chi connectivity index (χ4n) is 1.12. The number of hydrogen-bond acceptors (Lipinski definition) is 4. The van der Waals surface area contributed by atoms with Crippen LogP contribution in [0.1, 0.15) is 19.5 Å². The largest absolute Gasteiger partial charge is 0.491 e. The van der Waals surface area contributed by atoms with Crippen LogP contribution in [0.5, 0.6) is 5.75 Å². The van der Waals surface area contributed by atoms with Crippen molar-refractivity contribution < 1.29 is 9.94 Å². The van der Waals surface area contributed by atoms with Gasteiger partial charge in [0.2, 0.25) is 0 Å². The van der Waals surface area contributed by atoms with Crippen molar-refractivity contribution in [1.82, 2.24) is 4.98 Å². The highest BCUT2D eigenvalue weighted by Crippen LogP contribution is 2.12. The van der Waals surface area contributed by atoms with Crippen molar-refractivity contribution in [1.29, 1.82) is 0 Å². The van der Waals surface area contributed by atoms with Gasteiger partial charge in [0.1, 0.15) is 11.6 Å². The quantitative estimate of drug-likeness (QED) is 0.337. The van der Waals surface area contributed by atoms with E-state index >= 15 is 0 Å². The van der Waals surface area contributed by atoms with E-state index in [0.29, 0.717) is 12.1 Å². The zero-order valence-electron chi connectivity index (χ0n) is 8.84. The molecule has 0 aliphatic rings. The molecule has 0 unspecified atom stereocenters. The maximum atomic E-state index is 8.41. The van der Waals surface area contributed by atoms with E-state index < -0.39 is 0 Å². The molecule has 1 aromatic heterocycles. The van der Waals surface area contributed by atoms with Crippen molar-refractivity contribution in [2.24, 2.45) is 10.9 Å². The predicted molar refractivity (Wildman–Crippen MR) is 57.1 cm³/mol. The van der Waals surface area contributed by atoms with Gasteiger partial charge in [0, 0.05) is 12.3 Å². The van der Waals surface area contributed by atoms with E-state index in [1.54, 1.807) is 18.3 Å². The Balaban J connectivity index is 2.74. The van der Waals surface area contributed by atoms with Crippen LogP contribution >= 0.6 is 0 Å². The van der Waals surface area contributed by atoms with Crippen molar-refractivity contribution in [3.63, 3.8) is 0 Å². The van der Waals surface area contributed by atoms with Crippen LogP contribution in [0.15, 0.2) is 23.5 Å². The summed E-state index contributed by atoms with van der Waals surface area (Å²) >= 11 is 0. The molecule has 0 radical (unpaired) electrons. The van der Waals surface area contributed by atoms with Crippen molar-refractivity contribution in [3.8, 4) is 5.75 Å². The van der Waals surface area contributed by atoms with Crippen molar-refractivity contribution in [3.05, 3.63) is 24.0 Å². The molecule has 0 bridgehead atoms. The molecule has 0 spiro atoms. The standard InChI is InChI=1S/C10H15N3O2/c1-7(2)15-9-3-4-12-8(5-9)6-10(11)13-14/h3-5,7,14H,6H2,1-2H3,(H2,11,13). The Morgan fingerprint density at radius 3 is 3.00 bits per heavy atom. The lowest BCUT2D eigenvalue weighted by Gasteiger charge is -2.09. The maximum Gasteiger partial charge on any atom is 0.145 e. The van der Waals surface area contributed by atoms with Crippen LogP contribution in [0.25, 0.3) is 0 Å². The first-order valence-electron chi connectivity index (χ1n) is 4.70. The highest BCUT2D eigenvalue weighted by atomic mass is 16.5. The molecule has 0 aliphatic carbocycles. The molecule has 1 aromatic rings. The average Bonchev–Trinajstić information content (AvgIpc) is 2.17. The zero-order valence-corrected chi connectivity index (χ0v) is 8.84. The van der Waals surface area contributed by atoms with Crippen LogP contribution in [0.3, 0.4) is 0 Å². The number of hydrogen-bond donors (Lipinski definition) is 2. The number of pyridine rings is 1. The molecule has 0 saturated heterocycles. The minimum Gasteiger partial charge on any atom is -0.491 e. The van der Waals surface area contributed by atoms with Gasteiger partial charge in [-0.25, -0.2) is 0 Å². The van der Waals surface area contributed by atoms with Crippen LogP contribution in [-0.2, 0) is 6.42 Å². The van der Waals surface area contributed by atoms with Crippen LogP contribution in [0, 0.1) is 0 Å². The smallest absolute Gasteiger partial charge is 0.145 e. The SMILES string of the molecule is CC(C)Oc1ccnc(C/C(N)=N/O)c1. The molecule has 0 fully saturated rings. The highest BCUT2D eigenvalue weighted by Gasteiger charge is 2.02. The molecule has 0 amide bonds. The summed E-state index contributed by atoms with van der Waals surface area (Å²) < 4.78 is 5.49. The second kappa shape index (κ2) is 5.19. The Bertz CT molecular complexity index is 350. The molecule has 1 rings (SSSR count). The highest BCUT2D eigenvalue weighted by molar-refractivity contribution is 5.81.